The summed E-state index contributed by atoms with van der Waals surface area (Å²) < 4.78 is 2.25. The monoisotopic (exact) mass is 466 g/mol. The van der Waals surface area contributed by atoms with Gasteiger partial charge in [-0.15, -0.1) is 5.10 Å². The first kappa shape index (κ1) is 22.7. The van der Waals surface area contributed by atoms with Gasteiger partial charge < -0.3 is 9.88 Å². The highest BCUT2D eigenvalue weighted by atomic mass is 15.5. The quantitative estimate of drug-likeness (QED) is 0.304. The number of aromatic nitrogens is 7. The van der Waals surface area contributed by atoms with Gasteiger partial charge in [0.25, 0.3) is 0 Å². The summed E-state index contributed by atoms with van der Waals surface area (Å²) in [7, 11) is 0. The summed E-state index contributed by atoms with van der Waals surface area (Å²) in [5.41, 5.74) is 6.24. The zero-order valence-corrected chi connectivity index (χ0v) is 20.4. The first-order valence-corrected chi connectivity index (χ1v) is 12.1. The van der Waals surface area contributed by atoms with Crippen molar-refractivity contribution in [3.05, 3.63) is 72.1 Å². The number of aryl methyl sites for hydroxylation is 1. The average molecular weight is 467 g/mol. The molecule has 2 aromatic carbocycles. The van der Waals surface area contributed by atoms with E-state index in [0.717, 1.165) is 65.4 Å². The van der Waals surface area contributed by atoms with E-state index in [-0.39, 0.29) is 0 Å². The number of hydrogen-bond donors (Lipinski definition) is 2. The molecule has 0 aliphatic carbocycles. The molecular weight excluding hydrogens is 436 g/mol. The second-order valence-corrected chi connectivity index (χ2v) is 9.17. The molecule has 5 rings (SSSR count). The van der Waals surface area contributed by atoms with Gasteiger partial charge >= 0.3 is 0 Å². The number of tetrazole rings is 1. The van der Waals surface area contributed by atoms with Crippen LogP contribution in [-0.4, -0.2) is 41.7 Å². The van der Waals surface area contributed by atoms with E-state index in [1.165, 1.54) is 5.56 Å². The maximum atomic E-state index is 4.92. The third-order valence-corrected chi connectivity index (χ3v) is 5.97. The highest BCUT2D eigenvalue weighted by Gasteiger charge is 2.14. The van der Waals surface area contributed by atoms with Crippen molar-refractivity contribution in [2.45, 2.75) is 40.2 Å². The number of benzene rings is 2. The van der Waals surface area contributed by atoms with Crippen LogP contribution in [0.3, 0.4) is 0 Å². The van der Waals surface area contributed by atoms with Crippen LogP contribution in [0.2, 0.25) is 0 Å². The lowest BCUT2D eigenvalue weighted by Gasteiger charge is -2.12. The molecule has 2 N–H and O–H groups in total. The predicted octanol–water partition coefficient (Wildman–Crippen LogP) is 5.35. The van der Waals surface area contributed by atoms with Crippen LogP contribution in [0, 0.1) is 5.92 Å². The number of pyridine rings is 1. The molecule has 0 spiro atoms. The van der Waals surface area contributed by atoms with Crippen molar-refractivity contribution in [1.82, 2.24) is 35.2 Å². The summed E-state index contributed by atoms with van der Waals surface area (Å²) in [4.78, 5) is 9.81. The molecule has 8 nitrogen and oxygen atoms in total. The molecule has 0 fully saturated rings. The van der Waals surface area contributed by atoms with Crippen molar-refractivity contribution in [3.8, 4) is 22.5 Å². The number of nitrogens with one attached hydrogen (secondary N) is 2. The minimum Gasteiger partial charge on any atom is -0.370 e. The van der Waals surface area contributed by atoms with Crippen molar-refractivity contribution in [3.63, 3.8) is 0 Å². The molecule has 0 amide bonds. The second-order valence-electron chi connectivity index (χ2n) is 9.17. The van der Waals surface area contributed by atoms with E-state index in [1.54, 1.807) is 0 Å². The number of hydrogen-bond acceptors (Lipinski definition) is 6. The van der Waals surface area contributed by atoms with E-state index >= 15 is 0 Å². The fourth-order valence-electron chi connectivity index (χ4n) is 4.22. The fraction of sp³-hybridized carbons (Fsp3) is 0.296. The first-order chi connectivity index (χ1) is 17.1. The van der Waals surface area contributed by atoms with Crippen LogP contribution >= 0.6 is 0 Å². The van der Waals surface area contributed by atoms with Gasteiger partial charge in [-0.3, -0.25) is 0 Å². The van der Waals surface area contributed by atoms with Crippen LogP contribution in [0.15, 0.2) is 60.7 Å². The number of H-pyrrole nitrogens is 1. The minimum absolute atomic E-state index is 0.553. The molecule has 8 heteroatoms. The summed E-state index contributed by atoms with van der Waals surface area (Å²) in [6.45, 7) is 8.18. The summed E-state index contributed by atoms with van der Waals surface area (Å²) >= 11 is 0. The van der Waals surface area contributed by atoms with Gasteiger partial charge in [-0.1, -0.05) is 69.3 Å². The van der Waals surface area contributed by atoms with E-state index < -0.39 is 0 Å². The molecule has 0 aliphatic rings. The number of imidazole rings is 1. The first-order valence-electron chi connectivity index (χ1n) is 12.1. The van der Waals surface area contributed by atoms with Crippen molar-refractivity contribution in [2.75, 3.05) is 11.9 Å². The van der Waals surface area contributed by atoms with Gasteiger partial charge in [-0.25, -0.2) is 15.1 Å². The maximum absolute atomic E-state index is 4.92. The van der Waals surface area contributed by atoms with E-state index in [2.05, 4.69) is 87.7 Å². The van der Waals surface area contributed by atoms with Crippen LogP contribution < -0.4 is 5.32 Å². The van der Waals surface area contributed by atoms with E-state index in [0.29, 0.717) is 11.7 Å². The number of rotatable bonds is 9. The van der Waals surface area contributed by atoms with E-state index in [4.69, 9.17) is 9.97 Å². The highest BCUT2D eigenvalue weighted by molar-refractivity contribution is 5.80. The lowest BCUT2D eigenvalue weighted by Crippen LogP contribution is -2.10. The lowest BCUT2D eigenvalue weighted by molar-refractivity contribution is 0.686. The summed E-state index contributed by atoms with van der Waals surface area (Å²) in [5, 5.41) is 17.8. The predicted molar refractivity (Wildman–Crippen MR) is 139 cm³/mol. The van der Waals surface area contributed by atoms with Gasteiger partial charge in [-0.05, 0) is 51.6 Å². The smallest absolute Gasteiger partial charge is 0.180 e. The molecule has 5 aromatic rings. The van der Waals surface area contributed by atoms with Crippen molar-refractivity contribution >= 4 is 17.0 Å². The van der Waals surface area contributed by atoms with Gasteiger partial charge in [-0.2, -0.15) is 0 Å². The Labute approximate surface area is 204 Å². The summed E-state index contributed by atoms with van der Waals surface area (Å²) in [5.74, 6) is 3.18. The van der Waals surface area contributed by atoms with Crippen molar-refractivity contribution in [2.24, 2.45) is 5.92 Å². The number of aromatic amines is 1. The van der Waals surface area contributed by atoms with Gasteiger partial charge in [0.15, 0.2) is 11.5 Å². The topological polar surface area (TPSA) is 97.2 Å². The molecule has 0 atom stereocenters. The number of nitrogens with zero attached hydrogens (tertiary/aromatic N) is 6. The van der Waals surface area contributed by atoms with Crippen LogP contribution in [0.1, 0.15) is 38.6 Å². The fourth-order valence-corrected chi connectivity index (χ4v) is 4.22. The molecule has 3 heterocycles. The van der Waals surface area contributed by atoms with Crippen LogP contribution in [0.25, 0.3) is 33.7 Å². The van der Waals surface area contributed by atoms with E-state index in [9.17, 15) is 0 Å². The largest absolute Gasteiger partial charge is 0.370 e. The van der Waals surface area contributed by atoms with Gasteiger partial charge in [0, 0.05) is 18.5 Å². The van der Waals surface area contributed by atoms with Crippen LogP contribution in [-0.2, 0) is 13.0 Å². The summed E-state index contributed by atoms with van der Waals surface area (Å²) in [6, 6.07) is 20.9. The second kappa shape index (κ2) is 10.0. The number of anilines is 1. The van der Waals surface area contributed by atoms with Crippen LogP contribution in [0.4, 0.5) is 5.82 Å². The Kier molecular flexibility index (Phi) is 6.52. The molecule has 0 bridgehead atoms. The molecule has 0 radical (unpaired) electrons. The SMILES string of the molecule is CCCc1nc2ccc(NCC(C)C)nc2n1Cc1ccc(-c2ccccc2-c2nnn[nH]2)cc1. The molecule has 0 unspecified atom stereocenters. The maximum Gasteiger partial charge on any atom is 0.180 e. The zero-order chi connectivity index (χ0) is 24.2. The normalized spacial score (nSPS) is 11.4. The Morgan fingerprint density at radius 1 is 0.943 bits per heavy atom. The minimum atomic E-state index is 0.553. The molecule has 35 heavy (non-hydrogen) atoms. The number of fused-ring (bicyclic) bond motifs is 1. The molecular formula is C27H30N8. The Morgan fingerprint density at radius 3 is 2.46 bits per heavy atom. The van der Waals surface area contributed by atoms with Crippen LogP contribution in [0.5, 0.6) is 0 Å². The average Bonchev–Trinajstić information content (AvgIpc) is 3.52. The Balaban J connectivity index is 1.45. The third-order valence-electron chi connectivity index (χ3n) is 5.97. The highest BCUT2D eigenvalue weighted by Crippen LogP contribution is 2.30. The Hall–Kier alpha value is -4.07. The Morgan fingerprint density at radius 2 is 1.74 bits per heavy atom. The lowest BCUT2D eigenvalue weighted by atomic mass is 9.98. The van der Waals surface area contributed by atoms with Gasteiger partial charge in [0.05, 0.1) is 6.54 Å². The van der Waals surface area contributed by atoms with E-state index in [1.807, 2.05) is 24.3 Å². The Bertz CT molecular complexity index is 1400. The standard InChI is InChI=1S/C27H30N8/c1-4-7-25-29-23-14-15-24(28-16-18(2)3)30-27(23)35(25)17-19-10-12-20(13-11-19)21-8-5-6-9-22(21)26-31-33-34-32-26/h5-6,8-15,18H,4,7,16-17H2,1-3H3,(H,28,30)(H,31,32,33,34). The van der Waals surface area contributed by atoms with Crippen molar-refractivity contribution in [1.29, 1.82) is 0 Å². The van der Waals surface area contributed by atoms with Gasteiger partial charge in [0.1, 0.15) is 17.2 Å². The molecule has 3 aromatic heterocycles. The van der Waals surface area contributed by atoms with Crippen molar-refractivity contribution < 1.29 is 0 Å². The zero-order valence-electron chi connectivity index (χ0n) is 20.4. The third kappa shape index (κ3) is 4.91. The molecule has 0 aliphatic heterocycles. The van der Waals surface area contributed by atoms with Gasteiger partial charge in [0.2, 0.25) is 0 Å². The summed E-state index contributed by atoms with van der Waals surface area (Å²) in [6.07, 6.45) is 1.95. The molecule has 0 saturated carbocycles. The molecule has 0 saturated heterocycles. The molecule has 178 valence electrons.